The molecule has 0 saturated heterocycles. The van der Waals surface area contributed by atoms with Gasteiger partial charge in [0.05, 0.1) is 10.9 Å². The molecule has 0 fully saturated rings. The Bertz CT molecular complexity index is 1300. The van der Waals surface area contributed by atoms with E-state index in [2.05, 4.69) is 31.5 Å². The minimum atomic E-state index is -0.344. The van der Waals surface area contributed by atoms with E-state index < -0.39 is 0 Å². The van der Waals surface area contributed by atoms with Gasteiger partial charge in [0.2, 0.25) is 5.91 Å². The molecule has 0 spiro atoms. The maximum absolute atomic E-state index is 12.7. The number of thioether (sulfide) groups is 1. The molecule has 172 valence electrons. The first-order valence-electron chi connectivity index (χ1n) is 10.5. The van der Waals surface area contributed by atoms with Crippen LogP contribution in [0, 0.1) is 6.92 Å². The van der Waals surface area contributed by atoms with Crippen LogP contribution in [0.25, 0.3) is 11.3 Å². The molecule has 5 nitrogen and oxygen atoms in total. The number of halogens is 1. The molecule has 0 bridgehead atoms. The average Bonchev–Trinajstić information content (AvgIpc) is 3.28. The van der Waals surface area contributed by atoms with Gasteiger partial charge < -0.3 is 10.6 Å². The number of nitrogens with zero attached hydrogens (tertiary/aromatic N) is 1. The second-order valence-corrected chi connectivity index (χ2v) is 10.8. The molecule has 8 heteroatoms. The molecule has 3 aromatic carbocycles. The van der Waals surface area contributed by atoms with Crippen LogP contribution in [-0.2, 0) is 4.79 Å². The molecule has 0 aliphatic carbocycles. The molecule has 0 saturated carbocycles. The third-order valence-corrected chi connectivity index (χ3v) is 7.34. The monoisotopic (exact) mass is 551 g/mol. The van der Waals surface area contributed by atoms with E-state index in [0.29, 0.717) is 16.4 Å². The standard InChI is InChI=1S/C26H22BrN3O2S2/c1-16-6-8-19(9-7-16)25(32)28-21-4-3-5-22(14-21)34-17(2)24(31)30-26-29-23(15-33-26)18-10-12-20(27)13-11-18/h3-15,17H,1-2H3,(H,28,32)(H,29,30,31). The molecule has 4 rings (SSSR count). The Kier molecular flexibility index (Phi) is 7.82. The fourth-order valence-corrected chi connectivity index (χ4v) is 5.02. The lowest BCUT2D eigenvalue weighted by atomic mass is 10.1. The number of aromatic nitrogens is 1. The Hall–Kier alpha value is -2.94. The van der Waals surface area contributed by atoms with Gasteiger partial charge in [0.15, 0.2) is 5.13 Å². The molecule has 1 aromatic heterocycles. The second-order valence-electron chi connectivity index (χ2n) is 7.64. The predicted molar refractivity (Wildman–Crippen MR) is 145 cm³/mol. The zero-order valence-corrected chi connectivity index (χ0v) is 21.8. The van der Waals surface area contributed by atoms with Gasteiger partial charge in [-0.3, -0.25) is 9.59 Å². The first-order valence-corrected chi connectivity index (χ1v) is 13.1. The molecule has 34 heavy (non-hydrogen) atoms. The number of benzene rings is 3. The van der Waals surface area contributed by atoms with Crippen LogP contribution in [0.2, 0.25) is 0 Å². The Morgan fingerprint density at radius 2 is 1.74 bits per heavy atom. The van der Waals surface area contributed by atoms with E-state index in [1.54, 1.807) is 12.1 Å². The summed E-state index contributed by atoms with van der Waals surface area (Å²) in [6, 6.07) is 22.8. The molecule has 1 unspecified atom stereocenters. The number of hydrogen-bond acceptors (Lipinski definition) is 5. The van der Waals surface area contributed by atoms with Crippen LogP contribution in [0.1, 0.15) is 22.8 Å². The summed E-state index contributed by atoms with van der Waals surface area (Å²) in [5, 5.41) is 7.97. The van der Waals surface area contributed by atoms with E-state index in [0.717, 1.165) is 26.2 Å². The van der Waals surface area contributed by atoms with E-state index in [4.69, 9.17) is 0 Å². The highest BCUT2D eigenvalue weighted by Crippen LogP contribution is 2.29. The Morgan fingerprint density at radius 1 is 1.00 bits per heavy atom. The van der Waals surface area contributed by atoms with Gasteiger partial charge in [-0.25, -0.2) is 4.98 Å². The fraction of sp³-hybridized carbons (Fsp3) is 0.115. The maximum atomic E-state index is 12.7. The van der Waals surface area contributed by atoms with Gasteiger partial charge in [0, 0.05) is 31.6 Å². The summed E-state index contributed by atoms with van der Waals surface area (Å²) in [6.45, 7) is 3.83. The first kappa shape index (κ1) is 24.2. The van der Waals surface area contributed by atoms with Crippen LogP contribution in [0.4, 0.5) is 10.8 Å². The lowest BCUT2D eigenvalue weighted by molar-refractivity contribution is -0.115. The van der Waals surface area contributed by atoms with Crippen molar-refractivity contribution in [3.63, 3.8) is 0 Å². The van der Waals surface area contributed by atoms with E-state index in [-0.39, 0.29) is 17.1 Å². The number of carbonyl (C=O) groups excluding carboxylic acids is 2. The van der Waals surface area contributed by atoms with Gasteiger partial charge in [0.1, 0.15) is 0 Å². The lowest BCUT2D eigenvalue weighted by Crippen LogP contribution is -2.22. The van der Waals surface area contributed by atoms with Crippen LogP contribution in [0.3, 0.4) is 0 Å². The number of thiazole rings is 1. The molecule has 4 aromatic rings. The third-order valence-electron chi connectivity index (χ3n) is 4.96. The van der Waals surface area contributed by atoms with Crippen molar-refractivity contribution in [3.05, 3.63) is 93.8 Å². The van der Waals surface area contributed by atoms with Crippen molar-refractivity contribution in [3.8, 4) is 11.3 Å². The van der Waals surface area contributed by atoms with E-state index in [1.165, 1.54) is 23.1 Å². The normalized spacial score (nSPS) is 11.6. The lowest BCUT2D eigenvalue weighted by Gasteiger charge is -2.12. The summed E-state index contributed by atoms with van der Waals surface area (Å²) in [4.78, 5) is 30.7. The zero-order chi connectivity index (χ0) is 24.1. The van der Waals surface area contributed by atoms with E-state index in [9.17, 15) is 9.59 Å². The quantitative estimate of drug-likeness (QED) is 0.237. The van der Waals surface area contributed by atoms with Crippen molar-refractivity contribution in [2.24, 2.45) is 0 Å². The van der Waals surface area contributed by atoms with Crippen LogP contribution in [-0.4, -0.2) is 22.0 Å². The topological polar surface area (TPSA) is 71.1 Å². The molecular weight excluding hydrogens is 530 g/mol. The molecule has 1 heterocycles. The number of anilines is 2. The van der Waals surface area contributed by atoms with Crippen LogP contribution < -0.4 is 10.6 Å². The largest absolute Gasteiger partial charge is 0.322 e. The van der Waals surface area contributed by atoms with E-state index in [1.807, 2.05) is 79.9 Å². The highest BCUT2D eigenvalue weighted by Gasteiger charge is 2.17. The molecular formula is C26H22BrN3O2S2. The fourth-order valence-electron chi connectivity index (χ4n) is 3.10. The smallest absolute Gasteiger partial charge is 0.255 e. The van der Waals surface area contributed by atoms with Crippen LogP contribution in [0.15, 0.2) is 87.5 Å². The zero-order valence-electron chi connectivity index (χ0n) is 18.5. The van der Waals surface area contributed by atoms with Crippen molar-refractivity contribution in [1.29, 1.82) is 0 Å². The van der Waals surface area contributed by atoms with Gasteiger partial charge in [-0.05, 0) is 56.3 Å². The van der Waals surface area contributed by atoms with Crippen LogP contribution >= 0.6 is 39.0 Å². The molecule has 0 aliphatic heterocycles. The number of aryl methyl sites for hydroxylation is 1. The first-order chi connectivity index (χ1) is 16.4. The molecule has 2 N–H and O–H groups in total. The van der Waals surface area contributed by atoms with Gasteiger partial charge >= 0.3 is 0 Å². The summed E-state index contributed by atoms with van der Waals surface area (Å²) >= 11 is 6.25. The van der Waals surface area contributed by atoms with Crippen molar-refractivity contribution in [2.45, 2.75) is 24.0 Å². The van der Waals surface area contributed by atoms with Crippen LogP contribution in [0.5, 0.6) is 0 Å². The van der Waals surface area contributed by atoms with Gasteiger partial charge in [-0.1, -0.05) is 51.8 Å². The molecule has 0 aliphatic rings. The number of amides is 2. The summed E-state index contributed by atoms with van der Waals surface area (Å²) in [6.07, 6.45) is 0. The molecule has 1 atom stereocenters. The SMILES string of the molecule is Cc1ccc(C(=O)Nc2cccc(SC(C)C(=O)Nc3nc(-c4ccc(Br)cc4)cs3)c2)cc1. The maximum Gasteiger partial charge on any atom is 0.255 e. The van der Waals surface area contributed by atoms with Gasteiger partial charge in [-0.2, -0.15) is 0 Å². The van der Waals surface area contributed by atoms with E-state index >= 15 is 0 Å². The molecule has 2 amide bonds. The summed E-state index contributed by atoms with van der Waals surface area (Å²) in [7, 11) is 0. The highest BCUT2D eigenvalue weighted by molar-refractivity contribution is 9.10. The van der Waals surface area contributed by atoms with Crippen molar-refractivity contribution in [2.75, 3.05) is 10.6 Å². The van der Waals surface area contributed by atoms with Gasteiger partial charge in [0.25, 0.3) is 5.91 Å². The minimum Gasteiger partial charge on any atom is -0.322 e. The minimum absolute atomic E-state index is 0.129. The van der Waals surface area contributed by atoms with Crippen molar-refractivity contribution in [1.82, 2.24) is 4.98 Å². The Labute approximate surface area is 215 Å². The predicted octanol–water partition coefficient (Wildman–Crippen LogP) is 7.25. The van der Waals surface area contributed by atoms with Crippen molar-refractivity contribution >= 4 is 61.7 Å². The Balaban J connectivity index is 1.35. The molecule has 0 radical (unpaired) electrons. The average molecular weight is 553 g/mol. The summed E-state index contributed by atoms with van der Waals surface area (Å²) < 4.78 is 1.00. The van der Waals surface area contributed by atoms with Crippen molar-refractivity contribution < 1.29 is 9.59 Å². The number of carbonyl (C=O) groups is 2. The number of hydrogen-bond donors (Lipinski definition) is 2. The Morgan fingerprint density at radius 3 is 2.47 bits per heavy atom. The highest BCUT2D eigenvalue weighted by atomic mass is 79.9. The third kappa shape index (κ3) is 6.34. The second kappa shape index (κ2) is 11.0. The van der Waals surface area contributed by atoms with Gasteiger partial charge in [-0.15, -0.1) is 23.1 Å². The summed E-state index contributed by atoms with van der Waals surface area (Å²) in [5.41, 5.74) is 4.20. The number of nitrogens with one attached hydrogen (secondary N) is 2. The summed E-state index contributed by atoms with van der Waals surface area (Å²) in [5.74, 6) is -0.297. The number of rotatable bonds is 7.